The van der Waals surface area contributed by atoms with Crippen LogP contribution in [0.3, 0.4) is 0 Å². The first kappa shape index (κ1) is 14.3. The van der Waals surface area contributed by atoms with E-state index in [1.165, 1.54) is 12.8 Å². The number of hydrogen-bond donors (Lipinski definition) is 2. The Labute approximate surface area is 107 Å². The molecule has 1 aliphatic heterocycles. The monoisotopic (exact) mass is 253 g/mol. The number of para-hydroxylation sites is 2. The molecule has 1 aliphatic rings. The summed E-state index contributed by atoms with van der Waals surface area (Å²) in [4.78, 5) is 0. The minimum Gasteiger partial charge on any atom is -0.397 e. The van der Waals surface area contributed by atoms with Gasteiger partial charge in [-0.25, -0.2) is 0 Å². The molecule has 96 valence electrons. The van der Waals surface area contributed by atoms with Gasteiger partial charge in [0, 0.05) is 19.1 Å². The van der Waals surface area contributed by atoms with Gasteiger partial charge >= 0.3 is 0 Å². The lowest BCUT2D eigenvalue weighted by molar-refractivity contribution is 0.357. The summed E-state index contributed by atoms with van der Waals surface area (Å²) in [6.45, 7) is 6.27. The van der Waals surface area contributed by atoms with Gasteiger partial charge < -0.3 is 11.1 Å². The highest BCUT2D eigenvalue weighted by molar-refractivity contribution is 7.13. The van der Waals surface area contributed by atoms with Gasteiger partial charge in [0.1, 0.15) is 0 Å². The number of nitrogen functional groups attached to an aromatic ring is 1. The summed E-state index contributed by atoms with van der Waals surface area (Å²) in [5.41, 5.74) is 7.80. The van der Waals surface area contributed by atoms with Gasteiger partial charge in [0.25, 0.3) is 0 Å². The molecule has 1 heterocycles. The fraction of sp³-hybridized carbons (Fsp3) is 0.538. The summed E-state index contributed by atoms with van der Waals surface area (Å²) >= 11 is 0. The van der Waals surface area contributed by atoms with Gasteiger partial charge in [0.2, 0.25) is 0 Å². The second-order valence-electron chi connectivity index (χ2n) is 4.04. The van der Waals surface area contributed by atoms with E-state index in [1.807, 2.05) is 38.1 Å². The van der Waals surface area contributed by atoms with Crippen LogP contribution in [0.2, 0.25) is 0 Å². The Balaban J connectivity index is 0.000000686. The lowest BCUT2D eigenvalue weighted by Gasteiger charge is -2.30. The van der Waals surface area contributed by atoms with Crippen LogP contribution in [0.4, 0.5) is 11.4 Å². The van der Waals surface area contributed by atoms with E-state index in [-0.39, 0.29) is 0 Å². The zero-order chi connectivity index (χ0) is 12.7. The first-order valence-corrected chi connectivity index (χ1v) is 6.88. The minimum absolute atomic E-state index is 0.562. The smallest absolute Gasteiger partial charge is 0.0576 e. The number of piperidine rings is 1. The van der Waals surface area contributed by atoms with Crippen LogP contribution >= 0.6 is 9.39 Å². The third kappa shape index (κ3) is 4.53. The number of benzene rings is 1. The first-order chi connectivity index (χ1) is 8.25. The highest BCUT2D eigenvalue weighted by Crippen LogP contribution is 2.22. The van der Waals surface area contributed by atoms with Crippen LogP contribution in [0.1, 0.15) is 26.7 Å². The van der Waals surface area contributed by atoms with Gasteiger partial charge in [-0.1, -0.05) is 35.4 Å². The molecule has 4 heteroatoms. The number of anilines is 2. The van der Waals surface area contributed by atoms with Crippen LogP contribution in [0.25, 0.3) is 0 Å². The molecule has 1 atom stereocenters. The first-order valence-electron chi connectivity index (χ1n) is 6.36. The fourth-order valence-corrected chi connectivity index (χ4v) is 2.19. The van der Waals surface area contributed by atoms with Crippen molar-refractivity contribution in [3.63, 3.8) is 0 Å². The normalized spacial score (nSPS) is 17.1. The molecule has 1 saturated heterocycles. The summed E-state index contributed by atoms with van der Waals surface area (Å²) in [5, 5.41) is 3.51. The number of nitrogens with one attached hydrogen (secondary N) is 1. The van der Waals surface area contributed by atoms with Crippen LogP contribution in [0.5, 0.6) is 0 Å². The molecule has 0 radical (unpaired) electrons. The Morgan fingerprint density at radius 1 is 1.24 bits per heavy atom. The SMILES string of the molecule is CC.Nc1ccccc1NC1CCN(P)CC1. The van der Waals surface area contributed by atoms with E-state index >= 15 is 0 Å². The maximum Gasteiger partial charge on any atom is 0.0576 e. The molecular formula is C13H24N3P. The molecule has 3 nitrogen and oxygen atoms in total. The number of nitrogens with zero attached hydrogens (tertiary/aromatic N) is 1. The van der Waals surface area contributed by atoms with Gasteiger partial charge in [0.15, 0.2) is 0 Å². The average Bonchev–Trinajstić information content (AvgIpc) is 2.37. The van der Waals surface area contributed by atoms with Crippen molar-refractivity contribution in [3.8, 4) is 0 Å². The summed E-state index contributed by atoms with van der Waals surface area (Å²) in [7, 11) is 2.76. The molecule has 3 N–H and O–H groups in total. The van der Waals surface area contributed by atoms with E-state index in [2.05, 4.69) is 19.4 Å². The van der Waals surface area contributed by atoms with Gasteiger partial charge in [-0.2, -0.15) is 0 Å². The molecule has 0 aliphatic carbocycles. The molecular weight excluding hydrogens is 229 g/mol. The van der Waals surface area contributed by atoms with Gasteiger partial charge in [0.05, 0.1) is 11.4 Å². The van der Waals surface area contributed by atoms with Gasteiger partial charge in [-0.15, -0.1) is 0 Å². The maximum absolute atomic E-state index is 5.89. The van der Waals surface area contributed by atoms with E-state index in [4.69, 9.17) is 5.73 Å². The molecule has 1 aromatic carbocycles. The molecule has 0 bridgehead atoms. The van der Waals surface area contributed by atoms with E-state index in [1.54, 1.807) is 0 Å². The number of hydrogen-bond acceptors (Lipinski definition) is 3. The largest absolute Gasteiger partial charge is 0.397 e. The van der Waals surface area contributed by atoms with Crippen molar-refractivity contribution in [2.45, 2.75) is 32.7 Å². The molecule has 1 unspecified atom stereocenters. The second-order valence-corrected chi connectivity index (χ2v) is 4.77. The standard InChI is InChI=1S/C11H18N3P.C2H6/c12-10-3-1-2-4-11(10)13-9-5-7-14(15)8-6-9;1-2/h1-4,9,13H,5-8,12,15H2;1-2H3. The Morgan fingerprint density at radius 3 is 2.41 bits per heavy atom. The third-order valence-corrected chi connectivity index (χ3v) is 3.37. The van der Waals surface area contributed by atoms with Gasteiger partial charge in [-0.05, 0) is 25.0 Å². The van der Waals surface area contributed by atoms with Crippen molar-refractivity contribution < 1.29 is 0 Å². The number of rotatable bonds is 2. The molecule has 1 fully saturated rings. The maximum atomic E-state index is 5.89. The van der Waals surface area contributed by atoms with Crippen molar-refractivity contribution in [2.24, 2.45) is 0 Å². The minimum atomic E-state index is 0.562. The zero-order valence-corrected chi connectivity index (χ0v) is 12.0. The van der Waals surface area contributed by atoms with E-state index in [0.717, 1.165) is 24.5 Å². The van der Waals surface area contributed by atoms with Crippen LogP contribution in [-0.4, -0.2) is 23.8 Å². The van der Waals surface area contributed by atoms with Crippen LogP contribution in [0.15, 0.2) is 24.3 Å². The predicted molar refractivity (Wildman–Crippen MR) is 80.1 cm³/mol. The Bertz CT molecular complexity index is 322. The summed E-state index contributed by atoms with van der Waals surface area (Å²) in [6.07, 6.45) is 2.36. The Kier molecular flexibility index (Phi) is 6.31. The van der Waals surface area contributed by atoms with Gasteiger partial charge in [-0.3, -0.25) is 4.67 Å². The Morgan fingerprint density at radius 2 is 1.82 bits per heavy atom. The third-order valence-electron chi connectivity index (χ3n) is 2.85. The van der Waals surface area contributed by atoms with Crippen LogP contribution < -0.4 is 11.1 Å². The molecule has 0 amide bonds. The lowest BCUT2D eigenvalue weighted by Crippen LogP contribution is -2.34. The van der Waals surface area contributed by atoms with Crippen molar-refractivity contribution in [3.05, 3.63) is 24.3 Å². The topological polar surface area (TPSA) is 41.3 Å². The molecule has 0 aromatic heterocycles. The quantitative estimate of drug-likeness (QED) is 0.629. The van der Waals surface area contributed by atoms with Crippen molar-refractivity contribution in [1.29, 1.82) is 0 Å². The molecule has 17 heavy (non-hydrogen) atoms. The van der Waals surface area contributed by atoms with Crippen molar-refractivity contribution in [2.75, 3.05) is 24.1 Å². The van der Waals surface area contributed by atoms with Crippen molar-refractivity contribution >= 4 is 20.8 Å². The fourth-order valence-electron chi connectivity index (χ4n) is 1.89. The average molecular weight is 253 g/mol. The van der Waals surface area contributed by atoms with Crippen LogP contribution in [0, 0.1) is 0 Å². The summed E-state index contributed by atoms with van der Waals surface area (Å²) < 4.78 is 2.28. The van der Waals surface area contributed by atoms with E-state index < -0.39 is 0 Å². The van der Waals surface area contributed by atoms with Crippen molar-refractivity contribution in [1.82, 2.24) is 4.67 Å². The Hall–Kier alpha value is -0.790. The summed E-state index contributed by atoms with van der Waals surface area (Å²) in [6, 6.07) is 8.52. The predicted octanol–water partition coefficient (Wildman–Crippen LogP) is 2.96. The zero-order valence-electron chi connectivity index (χ0n) is 10.8. The number of nitrogens with two attached hydrogens (primary N) is 1. The second kappa shape index (κ2) is 7.52. The molecule has 2 rings (SSSR count). The highest BCUT2D eigenvalue weighted by atomic mass is 31.0. The molecule has 0 saturated carbocycles. The highest BCUT2D eigenvalue weighted by Gasteiger charge is 2.16. The van der Waals surface area contributed by atoms with Crippen LogP contribution in [-0.2, 0) is 0 Å². The molecule has 0 spiro atoms. The van der Waals surface area contributed by atoms with E-state index in [9.17, 15) is 0 Å². The lowest BCUT2D eigenvalue weighted by atomic mass is 10.1. The summed E-state index contributed by atoms with van der Waals surface area (Å²) in [5.74, 6) is 0. The van der Waals surface area contributed by atoms with E-state index in [0.29, 0.717) is 6.04 Å². The molecule has 1 aromatic rings.